The number of hydrogen-bond donors (Lipinski definition) is 1. The second-order valence-electron chi connectivity index (χ2n) is 5.77. The highest BCUT2D eigenvalue weighted by atomic mass is 35.5. The SMILES string of the molecule is Cc1ccccc1C(=O)O[C@H]1CNCC[C@@H]1c1ccccc1.Cl. The second kappa shape index (κ2) is 8.14. The number of carbonyl (C=O) groups excluding carboxylic acids is 1. The van der Waals surface area contributed by atoms with Crippen LogP contribution in [0, 0.1) is 6.92 Å². The zero-order valence-corrected chi connectivity index (χ0v) is 14.0. The summed E-state index contributed by atoms with van der Waals surface area (Å²) in [5.74, 6) is 0.0307. The Morgan fingerprint density at radius 1 is 1.09 bits per heavy atom. The predicted octanol–water partition coefficient (Wildman–Crippen LogP) is 3.72. The summed E-state index contributed by atoms with van der Waals surface area (Å²) in [4.78, 5) is 12.5. The molecule has 0 aromatic heterocycles. The van der Waals surface area contributed by atoms with E-state index in [0.717, 1.165) is 18.5 Å². The molecule has 0 unspecified atom stereocenters. The highest BCUT2D eigenvalue weighted by molar-refractivity contribution is 5.91. The first-order valence-corrected chi connectivity index (χ1v) is 7.78. The largest absolute Gasteiger partial charge is 0.457 e. The monoisotopic (exact) mass is 331 g/mol. The number of hydrogen-bond acceptors (Lipinski definition) is 3. The molecule has 0 spiro atoms. The van der Waals surface area contributed by atoms with Gasteiger partial charge in [0, 0.05) is 12.5 Å². The zero-order valence-electron chi connectivity index (χ0n) is 13.2. The van der Waals surface area contributed by atoms with E-state index in [9.17, 15) is 4.79 Å². The molecule has 0 aliphatic carbocycles. The number of ether oxygens (including phenoxy) is 1. The van der Waals surface area contributed by atoms with E-state index in [1.165, 1.54) is 5.56 Å². The number of nitrogens with one attached hydrogen (secondary N) is 1. The molecule has 1 heterocycles. The second-order valence-corrected chi connectivity index (χ2v) is 5.77. The van der Waals surface area contributed by atoms with Crippen LogP contribution in [-0.4, -0.2) is 25.2 Å². The summed E-state index contributed by atoms with van der Waals surface area (Å²) in [7, 11) is 0. The molecule has 23 heavy (non-hydrogen) atoms. The molecule has 1 saturated heterocycles. The van der Waals surface area contributed by atoms with Gasteiger partial charge in [-0.15, -0.1) is 12.4 Å². The van der Waals surface area contributed by atoms with Crippen LogP contribution >= 0.6 is 12.4 Å². The van der Waals surface area contributed by atoms with Gasteiger partial charge in [-0.05, 0) is 37.1 Å². The first kappa shape index (κ1) is 17.5. The molecule has 3 rings (SSSR count). The lowest BCUT2D eigenvalue weighted by Gasteiger charge is -2.32. The highest BCUT2D eigenvalue weighted by Crippen LogP contribution is 2.28. The topological polar surface area (TPSA) is 38.3 Å². The van der Waals surface area contributed by atoms with Crippen LogP contribution in [0.5, 0.6) is 0 Å². The van der Waals surface area contributed by atoms with Crippen LogP contribution in [0.3, 0.4) is 0 Å². The van der Waals surface area contributed by atoms with Crippen molar-refractivity contribution in [2.24, 2.45) is 0 Å². The molecule has 2 atom stereocenters. The molecule has 0 radical (unpaired) electrons. The highest BCUT2D eigenvalue weighted by Gasteiger charge is 2.30. The fraction of sp³-hybridized carbons (Fsp3) is 0.316. The van der Waals surface area contributed by atoms with Crippen molar-refractivity contribution in [3.05, 3.63) is 71.3 Å². The van der Waals surface area contributed by atoms with Gasteiger partial charge in [-0.1, -0.05) is 48.5 Å². The van der Waals surface area contributed by atoms with E-state index < -0.39 is 0 Å². The molecule has 2 aromatic carbocycles. The molecule has 3 nitrogen and oxygen atoms in total. The van der Waals surface area contributed by atoms with Crippen LogP contribution in [0.2, 0.25) is 0 Å². The average Bonchev–Trinajstić information content (AvgIpc) is 2.56. The van der Waals surface area contributed by atoms with E-state index >= 15 is 0 Å². The number of esters is 1. The molecule has 0 bridgehead atoms. The fourth-order valence-electron chi connectivity index (χ4n) is 3.04. The predicted molar refractivity (Wildman–Crippen MR) is 94.3 cm³/mol. The van der Waals surface area contributed by atoms with E-state index in [4.69, 9.17) is 4.74 Å². The van der Waals surface area contributed by atoms with Gasteiger partial charge in [-0.3, -0.25) is 0 Å². The van der Waals surface area contributed by atoms with Gasteiger partial charge in [0.15, 0.2) is 0 Å². The summed E-state index contributed by atoms with van der Waals surface area (Å²) in [6.45, 7) is 3.60. The Kier molecular flexibility index (Phi) is 6.20. The normalized spacial score (nSPS) is 20.4. The first-order valence-electron chi connectivity index (χ1n) is 7.78. The smallest absolute Gasteiger partial charge is 0.338 e. The van der Waals surface area contributed by atoms with Gasteiger partial charge in [-0.2, -0.15) is 0 Å². The maximum Gasteiger partial charge on any atom is 0.338 e. The summed E-state index contributed by atoms with van der Waals surface area (Å²) in [6.07, 6.45) is 0.860. The quantitative estimate of drug-likeness (QED) is 0.871. The van der Waals surface area contributed by atoms with Crippen LogP contribution in [0.4, 0.5) is 0 Å². The molecule has 0 amide bonds. The number of rotatable bonds is 3. The number of aryl methyl sites for hydroxylation is 1. The molecule has 1 N–H and O–H groups in total. The average molecular weight is 332 g/mol. The molecular formula is C19H22ClNO2. The van der Waals surface area contributed by atoms with E-state index in [1.54, 1.807) is 0 Å². The van der Waals surface area contributed by atoms with Crippen LogP contribution in [0.1, 0.15) is 33.8 Å². The third-order valence-corrected chi connectivity index (χ3v) is 4.28. The van der Waals surface area contributed by atoms with Gasteiger partial charge < -0.3 is 10.1 Å². The van der Waals surface area contributed by atoms with Crippen molar-refractivity contribution >= 4 is 18.4 Å². The molecular weight excluding hydrogens is 310 g/mol. The third-order valence-electron chi connectivity index (χ3n) is 4.28. The maximum atomic E-state index is 12.5. The van der Waals surface area contributed by atoms with Crippen LogP contribution in [0.15, 0.2) is 54.6 Å². The van der Waals surface area contributed by atoms with Crippen molar-refractivity contribution in [2.45, 2.75) is 25.4 Å². The van der Waals surface area contributed by atoms with Crippen molar-refractivity contribution in [1.82, 2.24) is 5.32 Å². The van der Waals surface area contributed by atoms with Crippen molar-refractivity contribution < 1.29 is 9.53 Å². The van der Waals surface area contributed by atoms with E-state index in [1.807, 2.05) is 49.4 Å². The summed E-state index contributed by atoms with van der Waals surface area (Å²) in [6, 6.07) is 17.9. The third kappa shape index (κ3) is 4.12. The summed E-state index contributed by atoms with van der Waals surface area (Å²) in [5.41, 5.74) is 2.85. The number of carbonyl (C=O) groups is 1. The van der Waals surface area contributed by atoms with Gasteiger partial charge in [-0.25, -0.2) is 4.79 Å². The lowest BCUT2D eigenvalue weighted by Crippen LogP contribution is -2.42. The Hall–Kier alpha value is -1.84. The Balaban J connectivity index is 0.00000192. The first-order chi connectivity index (χ1) is 10.8. The van der Waals surface area contributed by atoms with Gasteiger partial charge in [0.05, 0.1) is 5.56 Å². The number of halogens is 1. The minimum absolute atomic E-state index is 0. The Bertz CT molecular complexity index is 645. The van der Waals surface area contributed by atoms with Gasteiger partial charge in [0.2, 0.25) is 0 Å². The standard InChI is InChI=1S/C19H21NO2.ClH/c1-14-7-5-6-10-16(14)19(21)22-18-13-20-12-11-17(18)15-8-3-2-4-9-15;/h2-10,17-18,20H,11-13H2,1H3;1H/t17-,18+;/m1./s1. The van der Waals surface area contributed by atoms with Crippen LogP contribution in [-0.2, 0) is 4.74 Å². The molecule has 1 fully saturated rings. The Labute approximate surface area is 143 Å². The number of piperidine rings is 1. The summed E-state index contributed by atoms with van der Waals surface area (Å²) < 4.78 is 5.82. The molecule has 1 aliphatic heterocycles. The Morgan fingerprint density at radius 2 is 1.78 bits per heavy atom. The Morgan fingerprint density at radius 3 is 2.52 bits per heavy atom. The van der Waals surface area contributed by atoms with Crippen molar-refractivity contribution in [2.75, 3.05) is 13.1 Å². The van der Waals surface area contributed by atoms with Crippen LogP contribution < -0.4 is 5.32 Å². The van der Waals surface area contributed by atoms with Gasteiger partial charge in [0.25, 0.3) is 0 Å². The molecule has 4 heteroatoms. The zero-order chi connectivity index (χ0) is 15.4. The maximum absolute atomic E-state index is 12.5. The van der Waals surface area contributed by atoms with Crippen molar-refractivity contribution in [3.8, 4) is 0 Å². The number of benzene rings is 2. The van der Waals surface area contributed by atoms with Crippen LogP contribution in [0.25, 0.3) is 0 Å². The fourth-order valence-corrected chi connectivity index (χ4v) is 3.04. The van der Waals surface area contributed by atoms with E-state index in [2.05, 4.69) is 17.4 Å². The summed E-state index contributed by atoms with van der Waals surface area (Å²) in [5, 5.41) is 3.33. The lowest BCUT2D eigenvalue weighted by molar-refractivity contribution is 0.0182. The minimum atomic E-state index is -0.229. The molecule has 0 saturated carbocycles. The van der Waals surface area contributed by atoms with Crippen molar-refractivity contribution in [1.29, 1.82) is 0 Å². The van der Waals surface area contributed by atoms with E-state index in [-0.39, 0.29) is 30.4 Å². The molecule has 122 valence electrons. The summed E-state index contributed by atoms with van der Waals surface area (Å²) >= 11 is 0. The minimum Gasteiger partial charge on any atom is -0.457 e. The lowest BCUT2D eigenvalue weighted by atomic mass is 9.88. The van der Waals surface area contributed by atoms with E-state index in [0.29, 0.717) is 12.1 Å². The molecule has 2 aromatic rings. The van der Waals surface area contributed by atoms with Gasteiger partial charge >= 0.3 is 5.97 Å². The van der Waals surface area contributed by atoms with Crippen molar-refractivity contribution in [3.63, 3.8) is 0 Å². The molecule has 1 aliphatic rings. The van der Waals surface area contributed by atoms with Gasteiger partial charge in [0.1, 0.15) is 6.10 Å².